The Labute approximate surface area is 93.4 Å². The third-order valence-electron chi connectivity index (χ3n) is 2.05. The van der Waals surface area contributed by atoms with E-state index in [0.717, 1.165) is 5.56 Å². The molecule has 0 radical (unpaired) electrons. The Balaban J connectivity index is 3.24. The fourth-order valence-corrected chi connectivity index (χ4v) is 1.85. The van der Waals surface area contributed by atoms with Crippen molar-refractivity contribution in [2.75, 3.05) is 13.7 Å². The predicted molar refractivity (Wildman–Crippen MR) is 58.5 cm³/mol. The van der Waals surface area contributed by atoms with Gasteiger partial charge in [0, 0.05) is 23.1 Å². The van der Waals surface area contributed by atoms with Gasteiger partial charge in [-0.2, -0.15) is 0 Å². The molecule has 78 valence electrons. The zero-order chi connectivity index (χ0) is 10.7. The van der Waals surface area contributed by atoms with Crippen molar-refractivity contribution in [1.82, 2.24) is 0 Å². The number of ether oxygens (including phenoxy) is 1. The van der Waals surface area contributed by atoms with Crippen molar-refractivity contribution in [2.24, 2.45) is 0 Å². The van der Waals surface area contributed by atoms with Crippen molar-refractivity contribution in [3.8, 4) is 5.75 Å². The zero-order valence-corrected chi connectivity index (χ0v) is 9.56. The first-order valence-electron chi connectivity index (χ1n) is 4.24. The summed E-state index contributed by atoms with van der Waals surface area (Å²) >= 11 is 11.8. The molecule has 0 fully saturated rings. The highest BCUT2D eigenvalue weighted by Crippen LogP contribution is 2.36. The molecule has 1 rings (SSSR count). The minimum Gasteiger partial charge on any atom is -0.495 e. The summed E-state index contributed by atoms with van der Waals surface area (Å²) in [5.41, 5.74) is 0.826. The lowest BCUT2D eigenvalue weighted by atomic mass is 10.0. The number of methoxy groups -OCH3 is 1. The van der Waals surface area contributed by atoms with Crippen LogP contribution in [-0.2, 0) is 0 Å². The second-order valence-corrected chi connectivity index (χ2v) is 3.94. The maximum atomic E-state index is 9.05. The van der Waals surface area contributed by atoms with Gasteiger partial charge in [-0.05, 0) is 12.1 Å². The lowest BCUT2D eigenvalue weighted by Crippen LogP contribution is -2.02. The van der Waals surface area contributed by atoms with Crippen molar-refractivity contribution >= 4 is 23.2 Å². The van der Waals surface area contributed by atoms with Gasteiger partial charge in [0.15, 0.2) is 0 Å². The number of aliphatic hydroxyl groups excluding tert-OH is 1. The normalized spacial score (nSPS) is 12.6. The topological polar surface area (TPSA) is 29.5 Å². The van der Waals surface area contributed by atoms with E-state index in [0.29, 0.717) is 15.8 Å². The van der Waals surface area contributed by atoms with Crippen LogP contribution in [0, 0.1) is 0 Å². The average Bonchev–Trinajstić information content (AvgIpc) is 2.15. The van der Waals surface area contributed by atoms with Crippen LogP contribution in [0.1, 0.15) is 18.4 Å². The Morgan fingerprint density at radius 1 is 1.43 bits per heavy atom. The van der Waals surface area contributed by atoms with Crippen molar-refractivity contribution in [3.05, 3.63) is 27.7 Å². The molecule has 1 aromatic carbocycles. The van der Waals surface area contributed by atoms with Crippen molar-refractivity contribution in [3.63, 3.8) is 0 Å². The molecule has 1 unspecified atom stereocenters. The van der Waals surface area contributed by atoms with Crippen LogP contribution < -0.4 is 4.74 Å². The van der Waals surface area contributed by atoms with Crippen LogP contribution >= 0.6 is 23.2 Å². The van der Waals surface area contributed by atoms with Gasteiger partial charge in [0.2, 0.25) is 0 Å². The Morgan fingerprint density at radius 3 is 2.57 bits per heavy atom. The van der Waals surface area contributed by atoms with E-state index >= 15 is 0 Å². The van der Waals surface area contributed by atoms with Gasteiger partial charge in [-0.15, -0.1) is 0 Å². The van der Waals surface area contributed by atoms with Crippen LogP contribution in [0.25, 0.3) is 0 Å². The summed E-state index contributed by atoms with van der Waals surface area (Å²) in [6, 6.07) is 3.38. The average molecular weight is 235 g/mol. The van der Waals surface area contributed by atoms with Crippen LogP contribution in [0.2, 0.25) is 10.0 Å². The highest BCUT2D eigenvalue weighted by molar-refractivity contribution is 6.35. The van der Waals surface area contributed by atoms with Gasteiger partial charge in [0.25, 0.3) is 0 Å². The number of halogens is 2. The van der Waals surface area contributed by atoms with E-state index in [4.69, 9.17) is 33.0 Å². The van der Waals surface area contributed by atoms with Crippen molar-refractivity contribution in [1.29, 1.82) is 0 Å². The summed E-state index contributed by atoms with van der Waals surface area (Å²) in [5.74, 6) is 0.541. The molecule has 0 spiro atoms. The summed E-state index contributed by atoms with van der Waals surface area (Å²) in [4.78, 5) is 0. The molecule has 2 nitrogen and oxygen atoms in total. The van der Waals surface area contributed by atoms with Gasteiger partial charge in [0.1, 0.15) is 5.75 Å². The Kier molecular flexibility index (Phi) is 4.05. The molecule has 1 aromatic rings. The van der Waals surface area contributed by atoms with Crippen molar-refractivity contribution in [2.45, 2.75) is 12.8 Å². The van der Waals surface area contributed by atoms with Gasteiger partial charge in [-0.1, -0.05) is 30.1 Å². The standard InChI is InChI=1S/C10H12Cl2O2/c1-6(5-13)8-3-7(11)4-9(12)10(8)14-2/h3-4,6,13H,5H2,1-2H3. The van der Waals surface area contributed by atoms with Gasteiger partial charge in [0.05, 0.1) is 12.1 Å². The second-order valence-electron chi connectivity index (χ2n) is 3.09. The molecule has 0 amide bonds. The van der Waals surface area contributed by atoms with E-state index in [-0.39, 0.29) is 12.5 Å². The monoisotopic (exact) mass is 234 g/mol. The van der Waals surface area contributed by atoms with Gasteiger partial charge >= 0.3 is 0 Å². The minimum absolute atomic E-state index is 0.0348. The third-order valence-corrected chi connectivity index (χ3v) is 2.54. The van der Waals surface area contributed by atoms with E-state index in [1.807, 2.05) is 6.92 Å². The summed E-state index contributed by atoms with van der Waals surface area (Å²) in [5, 5.41) is 10.1. The van der Waals surface area contributed by atoms with E-state index in [9.17, 15) is 0 Å². The highest BCUT2D eigenvalue weighted by atomic mass is 35.5. The Hall–Kier alpha value is -0.440. The summed E-state index contributed by atoms with van der Waals surface area (Å²) in [7, 11) is 1.54. The molecule has 0 aliphatic carbocycles. The fraction of sp³-hybridized carbons (Fsp3) is 0.400. The largest absolute Gasteiger partial charge is 0.495 e. The number of hydrogen-bond donors (Lipinski definition) is 1. The fourth-order valence-electron chi connectivity index (χ4n) is 1.26. The molecule has 0 saturated carbocycles. The maximum absolute atomic E-state index is 9.05. The first-order chi connectivity index (χ1) is 6.60. The molecule has 0 aromatic heterocycles. The molecule has 0 aliphatic rings. The van der Waals surface area contributed by atoms with E-state index in [1.165, 1.54) is 0 Å². The molecule has 0 heterocycles. The summed E-state index contributed by atoms with van der Waals surface area (Å²) in [6.07, 6.45) is 0. The van der Waals surface area contributed by atoms with Crippen LogP contribution in [0.5, 0.6) is 5.75 Å². The van der Waals surface area contributed by atoms with E-state index in [2.05, 4.69) is 0 Å². The minimum atomic E-state index is -0.0406. The molecular weight excluding hydrogens is 223 g/mol. The summed E-state index contributed by atoms with van der Waals surface area (Å²) in [6.45, 7) is 1.91. The Bertz CT molecular complexity index is 326. The quantitative estimate of drug-likeness (QED) is 0.872. The molecule has 0 bridgehead atoms. The molecule has 14 heavy (non-hydrogen) atoms. The van der Waals surface area contributed by atoms with E-state index < -0.39 is 0 Å². The van der Waals surface area contributed by atoms with Crippen molar-refractivity contribution < 1.29 is 9.84 Å². The highest BCUT2D eigenvalue weighted by Gasteiger charge is 2.14. The lowest BCUT2D eigenvalue weighted by molar-refractivity contribution is 0.270. The SMILES string of the molecule is COc1c(Cl)cc(Cl)cc1C(C)CO. The van der Waals surface area contributed by atoms with Gasteiger partial charge in [-0.25, -0.2) is 0 Å². The molecule has 0 saturated heterocycles. The number of hydrogen-bond acceptors (Lipinski definition) is 2. The number of benzene rings is 1. The van der Waals surface area contributed by atoms with E-state index in [1.54, 1.807) is 19.2 Å². The van der Waals surface area contributed by atoms with Crippen LogP contribution in [0.15, 0.2) is 12.1 Å². The van der Waals surface area contributed by atoms with Crippen LogP contribution in [0.4, 0.5) is 0 Å². The molecular formula is C10H12Cl2O2. The molecule has 1 atom stereocenters. The van der Waals surface area contributed by atoms with Crippen LogP contribution in [-0.4, -0.2) is 18.8 Å². The van der Waals surface area contributed by atoms with Gasteiger partial charge in [-0.3, -0.25) is 0 Å². The first kappa shape index (κ1) is 11.6. The first-order valence-corrected chi connectivity index (χ1v) is 4.99. The lowest BCUT2D eigenvalue weighted by Gasteiger charge is -2.15. The summed E-state index contributed by atoms with van der Waals surface area (Å²) < 4.78 is 5.15. The van der Waals surface area contributed by atoms with Crippen LogP contribution in [0.3, 0.4) is 0 Å². The molecule has 1 N–H and O–H groups in total. The predicted octanol–water partition coefficient (Wildman–Crippen LogP) is 3.10. The number of aliphatic hydroxyl groups is 1. The zero-order valence-electron chi connectivity index (χ0n) is 8.05. The number of rotatable bonds is 3. The smallest absolute Gasteiger partial charge is 0.141 e. The molecule has 0 aliphatic heterocycles. The second kappa shape index (κ2) is 4.87. The van der Waals surface area contributed by atoms with Gasteiger partial charge < -0.3 is 9.84 Å². The Morgan fingerprint density at radius 2 is 2.07 bits per heavy atom. The maximum Gasteiger partial charge on any atom is 0.141 e. The third kappa shape index (κ3) is 2.32. The molecule has 4 heteroatoms.